The number of imidazole rings is 1. The maximum absolute atomic E-state index is 4.69. The third-order valence-corrected chi connectivity index (χ3v) is 4.15. The van der Waals surface area contributed by atoms with Crippen LogP contribution in [-0.2, 0) is 0 Å². The third-order valence-electron chi connectivity index (χ3n) is 3.28. The van der Waals surface area contributed by atoms with E-state index in [1.165, 1.54) is 0 Å². The molecule has 0 amide bonds. The highest BCUT2D eigenvalue weighted by Gasteiger charge is 2.14. The number of aromatic nitrogens is 2. The number of hydrogen-bond donors (Lipinski definition) is 0. The van der Waals surface area contributed by atoms with Crippen LogP contribution in [0.1, 0.15) is 0 Å². The first-order valence-corrected chi connectivity index (χ1v) is 7.77. The number of thiophene rings is 1. The molecule has 5 heteroatoms. The van der Waals surface area contributed by atoms with E-state index in [-0.39, 0.29) is 0 Å². The number of azo groups is 1. The van der Waals surface area contributed by atoms with Gasteiger partial charge in [-0.3, -0.25) is 4.40 Å². The van der Waals surface area contributed by atoms with E-state index in [0.717, 1.165) is 27.7 Å². The Kier molecular flexibility index (Phi) is 3.25. The predicted octanol–water partition coefficient (Wildman–Crippen LogP) is 5.48. The minimum absolute atomic E-state index is 0.752. The van der Waals surface area contributed by atoms with Gasteiger partial charge < -0.3 is 0 Å². The van der Waals surface area contributed by atoms with Crippen molar-refractivity contribution in [3.8, 4) is 10.6 Å². The summed E-state index contributed by atoms with van der Waals surface area (Å²) < 4.78 is 1.96. The molecule has 0 bridgehead atoms. The molecule has 106 valence electrons. The summed E-state index contributed by atoms with van der Waals surface area (Å²) in [6, 6.07) is 19.7. The monoisotopic (exact) mass is 304 g/mol. The molecule has 0 aliphatic rings. The number of hydrogen-bond acceptors (Lipinski definition) is 4. The van der Waals surface area contributed by atoms with Gasteiger partial charge in [-0.15, -0.1) is 21.6 Å². The molecule has 0 saturated carbocycles. The van der Waals surface area contributed by atoms with Crippen LogP contribution in [0.15, 0.2) is 82.5 Å². The number of rotatable bonds is 3. The average molecular weight is 304 g/mol. The highest BCUT2D eigenvalue weighted by Crippen LogP contribution is 2.34. The van der Waals surface area contributed by atoms with Crippen molar-refractivity contribution in [1.82, 2.24) is 9.38 Å². The number of fused-ring (bicyclic) bond motifs is 1. The minimum atomic E-state index is 0.752. The van der Waals surface area contributed by atoms with E-state index in [2.05, 4.69) is 15.2 Å². The van der Waals surface area contributed by atoms with Gasteiger partial charge in [0, 0.05) is 6.20 Å². The lowest BCUT2D eigenvalue weighted by molar-refractivity contribution is 1.11. The van der Waals surface area contributed by atoms with Crippen LogP contribution in [0.4, 0.5) is 11.5 Å². The Bertz CT molecular complexity index is 924. The lowest BCUT2D eigenvalue weighted by Gasteiger charge is -1.97. The highest BCUT2D eigenvalue weighted by atomic mass is 32.1. The van der Waals surface area contributed by atoms with Crippen LogP contribution in [0.5, 0.6) is 0 Å². The molecular weight excluding hydrogens is 292 g/mol. The first kappa shape index (κ1) is 12.9. The molecule has 4 aromatic rings. The normalized spacial score (nSPS) is 11.5. The molecule has 0 aliphatic carbocycles. The van der Waals surface area contributed by atoms with E-state index in [9.17, 15) is 0 Å². The summed E-state index contributed by atoms with van der Waals surface area (Å²) in [7, 11) is 0. The first-order chi connectivity index (χ1) is 10.9. The zero-order valence-corrected chi connectivity index (χ0v) is 12.4. The Balaban J connectivity index is 1.88. The standard InChI is InChI=1S/C17H12N4S/c1-2-7-13(8-3-1)19-20-17-16(14-9-6-12-22-14)18-15-10-4-5-11-21(15)17/h1-12H. The average Bonchev–Trinajstić information content (AvgIpc) is 3.21. The predicted molar refractivity (Wildman–Crippen MR) is 89.1 cm³/mol. The van der Waals surface area contributed by atoms with E-state index in [4.69, 9.17) is 0 Å². The van der Waals surface area contributed by atoms with Crippen LogP contribution in [0.2, 0.25) is 0 Å². The van der Waals surface area contributed by atoms with E-state index >= 15 is 0 Å². The summed E-state index contributed by atoms with van der Waals surface area (Å²) in [6.07, 6.45) is 1.96. The number of benzene rings is 1. The summed E-state index contributed by atoms with van der Waals surface area (Å²) in [5.41, 5.74) is 2.55. The Morgan fingerprint density at radius 2 is 1.73 bits per heavy atom. The zero-order chi connectivity index (χ0) is 14.8. The quantitative estimate of drug-likeness (QED) is 0.462. The van der Waals surface area contributed by atoms with Gasteiger partial charge >= 0.3 is 0 Å². The Labute approximate surface area is 131 Å². The largest absolute Gasteiger partial charge is 0.283 e. The molecule has 0 aliphatic heterocycles. The molecule has 3 aromatic heterocycles. The van der Waals surface area contributed by atoms with Crippen LogP contribution in [-0.4, -0.2) is 9.38 Å². The molecule has 4 rings (SSSR count). The molecule has 0 N–H and O–H groups in total. The third kappa shape index (κ3) is 2.31. The summed E-state index contributed by atoms with van der Waals surface area (Å²) >= 11 is 1.65. The van der Waals surface area contributed by atoms with Gasteiger partial charge in [-0.25, -0.2) is 4.98 Å². The van der Waals surface area contributed by atoms with Gasteiger partial charge in [-0.1, -0.05) is 30.3 Å². The fourth-order valence-corrected chi connectivity index (χ4v) is 2.97. The zero-order valence-electron chi connectivity index (χ0n) is 11.6. The Hall–Kier alpha value is -2.79. The maximum atomic E-state index is 4.69. The summed E-state index contributed by atoms with van der Waals surface area (Å²) in [6.45, 7) is 0. The van der Waals surface area contributed by atoms with Gasteiger partial charge in [-0.2, -0.15) is 0 Å². The molecule has 22 heavy (non-hydrogen) atoms. The number of nitrogens with zero attached hydrogens (tertiary/aromatic N) is 4. The molecule has 0 unspecified atom stereocenters. The van der Waals surface area contributed by atoms with Gasteiger partial charge in [0.25, 0.3) is 0 Å². The van der Waals surface area contributed by atoms with Crippen molar-refractivity contribution in [3.05, 3.63) is 72.2 Å². The lowest BCUT2D eigenvalue weighted by atomic mass is 10.3. The van der Waals surface area contributed by atoms with Gasteiger partial charge in [-0.05, 0) is 35.7 Å². The second-order valence-electron chi connectivity index (χ2n) is 4.73. The SMILES string of the molecule is c1ccc(N=Nc2c(-c3cccs3)nc3ccccn23)cc1. The highest BCUT2D eigenvalue weighted by molar-refractivity contribution is 7.13. The van der Waals surface area contributed by atoms with Gasteiger partial charge in [0.15, 0.2) is 5.82 Å². The molecule has 0 atom stereocenters. The Morgan fingerprint density at radius 1 is 0.864 bits per heavy atom. The van der Waals surface area contributed by atoms with Crippen LogP contribution >= 0.6 is 11.3 Å². The minimum Gasteiger partial charge on any atom is -0.283 e. The van der Waals surface area contributed by atoms with Crippen molar-refractivity contribution in [2.45, 2.75) is 0 Å². The van der Waals surface area contributed by atoms with E-state index in [1.54, 1.807) is 11.3 Å². The second kappa shape index (κ2) is 5.54. The summed E-state index contributed by atoms with van der Waals surface area (Å²) in [5, 5.41) is 10.8. The van der Waals surface area contributed by atoms with Crippen LogP contribution < -0.4 is 0 Å². The summed E-state index contributed by atoms with van der Waals surface area (Å²) in [4.78, 5) is 5.78. The van der Waals surface area contributed by atoms with Crippen molar-refractivity contribution in [1.29, 1.82) is 0 Å². The molecule has 4 nitrogen and oxygen atoms in total. The van der Waals surface area contributed by atoms with Crippen LogP contribution in [0, 0.1) is 0 Å². The van der Waals surface area contributed by atoms with Crippen LogP contribution in [0.25, 0.3) is 16.2 Å². The topological polar surface area (TPSA) is 42.0 Å². The lowest BCUT2D eigenvalue weighted by Crippen LogP contribution is -1.80. The van der Waals surface area contributed by atoms with Crippen molar-refractivity contribution < 1.29 is 0 Å². The second-order valence-corrected chi connectivity index (χ2v) is 5.67. The molecule has 1 aromatic carbocycles. The molecule has 0 saturated heterocycles. The first-order valence-electron chi connectivity index (χ1n) is 6.89. The molecule has 0 spiro atoms. The van der Waals surface area contributed by atoms with Gasteiger partial charge in [0.2, 0.25) is 0 Å². The molecule has 3 heterocycles. The molecular formula is C17H12N4S. The smallest absolute Gasteiger partial charge is 0.188 e. The fraction of sp³-hybridized carbons (Fsp3) is 0. The fourth-order valence-electron chi connectivity index (χ4n) is 2.26. The van der Waals surface area contributed by atoms with Crippen molar-refractivity contribution >= 4 is 28.5 Å². The molecule has 0 fully saturated rings. The van der Waals surface area contributed by atoms with Crippen LogP contribution in [0.3, 0.4) is 0 Å². The van der Waals surface area contributed by atoms with Crippen molar-refractivity contribution in [2.75, 3.05) is 0 Å². The summed E-state index contributed by atoms with van der Waals surface area (Å²) in [5.74, 6) is 0.752. The maximum Gasteiger partial charge on any atom is 0.188 e. The van der Waals surface area contributed by atoms with Gasteiger partial charge in [0.05, 0.1) is 10.6 Å². The van der Waals surface area contributed by atoms with Crippen molar-refractivity contribution in [2.24, 2.45) is 10.2 Å². The molecule has 0 radical (unpaired) electrons. The number of pyridine rings is 1. The van der Waals surface area contributed by atoms with E-state index in [1.807, 2.05) is 76.6 Å². The van der Waals surface area contributed by atoms with E-state index in [0.29, 0.717) is 0 Å². The van der Waals surface area contributed by atoms with E-state index < -0.39 is 0 Å². The van der Waals surface area contributed by atoms with Crippen molar-refractivity contribution in [3.63, 3.8) is 0 Å². The van der Waals surface area contributed by atoms with Gasteiger partial charge in [0.1, 0.15) is 11.3 Å². The Morgan fingerprint density at radius 3 is 2.55 bits per heavy atom.